The smallest absolute Gasteiger partial charge is 1.00 e. The molecule has 16 rings (SSSR count). The first-order valence-electron chi connectivity index (χ1n) is 29.1. The molecule has 2 aliphatic rings. The molecule has 490 valence electrons. The van der Waals surface area contributed by atoms with Gasteiger partial charge < -0.3 is 179 Å². The molecule has 0 spiro atoms. The van der Waals surface area contributed by atoms with Crippen molar-refractivity contribution < 1.29 is 211 Å². The molecular weight excluding hydrogens is 1970 g/mol. The van der Waals surface area contributed by atoms with Gasteiger partial charge in [-0.15, -0.1) is 44.1 Å². The Bertz CT molecular complexity index is 5060. The van der Waals surface area contributed by atoms with E-state index in [1.54, 1.807) is 0 Å². The van der Waals surface area contributed by atoms with Crippen LogP contribution in [0, 0.1) is 0 Å². The first-order valence-corrected chi connectivity index (χ1v) is 29.1. The molecule has 0 saturated carbocycles. The normalized spacial score (nSPS) is 10.8. The Hall–Kier alpha value is -6.26. The van der Waals surface area contributed by atoms with Crippen LogP contribution in [-0.4, -0.2) is 15.4 Å². The van der Waals surface area contributed by atoms with E-state index >= 15 is 0 Å². The van der Waals surface area contributed by atoms with E-state index in [0.717, 1.165) is 156 Å². The van der Waals surface area contributed by atoms with Crippen LogP contribution in [0.3, 0.4) is 0 Å². The average Bonchev–Trinajstić information content (AvgIpc) is 1.64. The monoisotopic (exact) mass is 2030 g/mol. The summed E-state index contributed by atoms with van der Waals surface area (Å²) in [7, 11) is 12.1. The molecule has 0 atom stereocenters. The number of pyridine rings is 6. The van der Waals surface area contributed by atoms with Gasteiger partial charge >= 0.3 is 34.1 Å². The van der Waals surface area contributed by atoms with Crippen LogP contribution in [0.4, 0.5) is 0 Å². The standard InChI is InChI=1S/2C37H29N7.2Fe.6HI.H2O/c2*1-42-18-12-24(13-19-42)35-29-6-4-27(38-29)28-5-7-30(39-28)36(25-14-20-43(2)21-15-25)32-9-11-34(41-32)37(33-10-8-31(35)40-33)26-16-22-44(3)23-17-26;;;;;;;;;/h2*4-23H,1-3H3;;;6*1H;1H2/q;;2*+3;;;;;;;/p-6. The third-order valence-corrected chi connectivity index (χ3v) is 16.3. The number of halogens is 6. The molecule has 0 aromatic carbocycles. The molecule has 15 nitrogen and oxygen atoms in total. The number of hydrogen-bond acceptors (Lipinski definition) is 2. The Labute approximate surface area is 684 Å². The second-order valence-corrected chi connectivity index (χ2v) is 22.5. The summed E-state index contributed by atoms with van der Waals surface area (Å²) in [6, 6.07) is 50.2. The second-order valence-electron chi connectivity index (χ2n) is 22.5. The Morgan fingerprint density at radius 1 is 0.206 bits per heavy atom. The summed E-state index contributed by atoms with van der Waals surface area (Å²) in [6.07, 6.45) is 33.0. The molecule has 0 amide bonds. The van der Waals surface area contributed by atoms with E-state index in [-0.39, 0.29) is 183 Å². The van der Waals surface area contributed by atoms with Gasteiger partial charge in [0, 0.05) is 72.8 Å². The molecule has 16 heterocycles. The minimum atomic E-state index is 0. The molecule has 16 bridgehead atoms. The average molecular weight is 2030 g/mol. The minimum absolute atomic E-state index is 0. The molecule has 2 radical (unpaired) electrons. The van der Waals surface area contributed by atoms with E-state index in [4.69, 9.17) is 39.9 Å². The maximum absolute atomic E-state index is 5.26. The SMILES string of the molecule is C[n+]1ccc(-c2c3nc(c(-c4cc[n+](C)cc4)c4ccc([n-]4)c4ccc([n-]4)c(-c4cc[n+](C)cc4)c4ccc2[n-]4)C=C3)cc1.C[n+]1ccc(-c2c3nc(c(-c4cc[n+](C)cc4)c4ccc([n-]4)c4ccc([n-]4)c(-c4cc[n+](C)cc4)c4ccc2[n-]4)C=C3)cc1.O.[Fe+3].[Fe+3].[I-].[I-].[I-].[I-].[I-].[I-]. The topological polar surface area (TPSA) is 165 Å². The third kappa shape index (κ3) is 16.3. The fourth-order valence-corrected chi connectivity index (χ4v) is 11.7. The van der Waals surface area contributed by atoms with Crippen molar-refractivity contribution in [3.63, 3.8) is 0 Å². The van der Waals surface area contributed by atoms with E-state index in [9.17, 15) is 0 Å². The van der Waals surface area contributed by atoms with E-state index in [0.29, 0.717) is 0 Å². The molecule has 2 aliphatic heterocycles. The number of nitrogens with zero attached hydrogens (tertiary/aromatic N) is 14. The van der Waals surface area contributed by atoms with Crippen molar-refractivity contribution in [3.05, 3.63) is 243 Å². The van der Waals surface area contributed by atoms with Crippen molar-refractivity contribution in [2.75, 3.05) is 0 Å². The molecule has 0 fully saturated rings. The number of fused-ring (bicyclic) bond motifs is 18. The van der Waals surface area contributed by atoms with Gasteiger partial charge in [0.05, 0.1) is 22.8 Å². The summed E-state index contributed by atoms with van der Waals surface area (Å²) in [5, 5.41) is 0. The Kier molecular flexibility index (Phi) is 28.1. The van der Waals surface area contributed by atoms with E-state index < -0.39 is 0 Å². The first kappa shape index (κ1) is 79.7. The molecular formula is C74H60Fe2I6N14O. The van der Waals surface area contributed by atoms with Crippen LogP contribution >= 0.6 is 0 Å². The van der Waals surface area contributed by atoms with Gasteiger partial charge in [-0.2, -0.15) is 22.1 Å². The molecule has 97 heavy (non-hydrogen) atoms. The van der Waals surface area contributed by atoms with Crippen LogP contribution in [0.2, 0.25) is 0 Å². The van der Waals surface area contributed by atoms with Gasteiger partial charge in [0.1, 0.15) is 42.3 Å². The largest absolute Gasteiger partial charge is 3.00 e. The Balaban J connectivity index is 0.000000280. The molecule has 23 heteroatoms. The first-order chi connectivity index (χ1) is 43.0. The van der Waals surface area contributed by atoms with Crippen molar-refractivity contribution in [2.24, 2.45) is 42.3 Å². The third-order valence-electron chi connectivity index (χ3n) is 16.3. The molecule has 0 aliphatic carbocycles. The predicted octanol–water partition coefficient (Wildman–Crippen LogP) is -8.69. The number of rotatable bonds is 6. The number of hydrogen-bond donors (Lipinski definition) is 0. The molecule has 14 aromatic heterocycles. The van der Waals surface area contributed by atoms with E-state index in [1.807, 2.05) is 94.0 Å². The minimum Gasteiger partial charge on any atom is -1.00 e. The maximum atomic E-state index is 5.26. The summed E-state index contributed by atoms with van der Waals surface area (Å²) in [5.74, 6) is 0. The van der Waals surface area contributed by atoms with Crippen LogP contribution in [-0.2, 0) is 76.4 Å². The zero-order chi connectivity index (χ0) is 59.6. The van der Waals surface area contributed by atoms with Crippen LogP contribution < -0.4 is 201 Å². The molecule has 0 saturated heterocycles. The van der Waals surface area contributed by atoms with Gasteiger partial charge in [0.2, 0.25) is 0 Å². The number of aryl methyl sites for hydroxylation is 6. The van der Waals surface area contributed by atoms with Crippen molar-refractivity contribution in [3.8, 4) is 66.8 Å². The second kappa shape index (κ2) is 34.2. The van der Waals surface area contributed by atoms with E-state index in [1.165, 1.54) is 0 Å². The van der Waals surface area contributed by atoms with Crippen LogP contribution in [0.15, 0.2) is 220 Å². The summed E-state index contributed by atoms with van der Waals surface area (Å²) >= 11 is 0. The van der Waals surface area contributed by atoms with Crippen molar-refractivity contribution in [1.29, 1.82) is 0 Å². The quantitative estimate of drug-likeness (QED) is 0.0901. The molecule has 14 aromatic rings. The summed E-state index contributed by atoms with van der Waals surface area (Å²) in [5.41, 5.74) is 25.8. The molecule has 0 unspecified atom stereocenters. The summed E-state index contributed by atoms with van der Waals surface area (Å²) in [6.45, 7) is 0. The van der Waals surface area contributed by atoms with Crippen molar-refractivity contribution in [1.82, 2.24) is 39.9 Å². The Morgan fingerprint density at radius 3 is 0.515 bits per heavy atom. The van der Waals surface area contributed by atoms with E-state index in [2.05, 4.69) is 220 Å². The van der Waals surface area contributed by atoms with Crippen LogP contribution in [0.25, 0.3) is 157 Å². The van der Waals surface area contributed by atoms with Gasteiger partial charge in [-0.1, -0.05) is 72.8 Å². The summed E-state index contributed by atoms with van der Waals surface area (Å²) < 4.78 is 12.2. The van der Waals surface area contributed by atoms with Gasteiger partial charge in [-0.05, 0) is 91.1 Å². The van der Waals surface area contributed by atoms with Gasteiger partial charge in [0.25, 0.3) is 0 Å². The van der Waals surface area contributed by atoms with Gasteiger partial charge in [-0.25, -0.2) is 37.4 Å². The van der Waals surface area contributed by atoms with Crippen molar-refractivity contribution >= 4 is 90.5 Å². The van der Waals surface area contributed by atoms with Crippen LogP contribution in [0.5, 0.6) is 0 Å². The fourth-order valence-electron chi connectivity index (χ4n) is 11.7. The zero-order valence-corrected chi connectivity index (χ0v) is 68.0. The van der Waals surface area contributed by atoms with Gasteiger partial charge in [-0.3, -0.25) is 0 Å². The maximum Gasteiger partial charge on any atom is 3.00 e. The fraction of sp³-hybridized carbons (Fsp3) is 0.0811. The van der Waals surface area contributed by atoms with Crippen LogP contribution in [0.1, 0.15) is 22.8 Å². The summed E-state index contributed by atoms with van der Waals surface area (Å²) in [4.78, 5) is 41.4. The predicted molar refractivity (Wildman–Crippen MR) is 347 cm³/mol. The molecule has 2 N–H and O–H groups in total. The van der Waals surface area contributed by atoms with Gasteiger partial charge in [0.15, 0.2) is 74.4 Å². The zero-order valence-electron chi connectivity index (χ0n) is 52.8. The van der Waals surface area contributed by atoms with Crippen molar-refractivity contribution in [2.45, 2.75) is 0 Å². The number of aromatic nitrogens is 14. The Morgan fingerprint density at radius 2 is 0.340 bits per heavy atom.